The van der Waals surface area contributed by atoms with Gasteiger partial charge in [0.25, 0.3) is 0 Å². The molecule has 0 spiro atoms. The van der Waals surface area contributed by atoms with Crippen LogP contribution in [0.25, 0.3) is 0 Å². The molecule has 3 heterocycles. The zero-order chi connectivity index (χ0) is 23.7. The molecular weight excluding hydrogens is 451 g/mol. The number of aliphatic imine (C=N–C) groups is 1. The van der Waals surface area contributed by atoms with Gasteiger partial charge in [-0.3, -0.25) is 9.88 Å². The van der Waals surface area contributed by atoms with Crippen LogP contribution < -0.4 is 11.5 Å². The minimum atomic E-state index is -0.414. The summed E-state index contributed by atoms with van der Waals surface area (Å²) in [7, 11) is 0. The first-order valence-corrected chi connectivity index (χ1v) is 11.9. The van der Waals surface area contributed by atoms with E-state index in [9.17, 15) is 4.39 Å². The summed E-state index contributed by atoms with van der Waals surface area (Å²) < 4.78 is 14.1. The predicted molar refractivity (Wildman–Crippen MR) is 135 cm³/mol. The maximum Gasteiger partial charge on any atom is 0.141 e. The molecule has 1 aromatic heterocycles. The molecule has 176 valence electrons. The molecule has 0 bridgehead atoms. The lowest BCUT2D eigenvalue weighted by molar-refractivity contribution is 0.181. The Hall–Kier alpha value is -3.00. The summed E-state index contributed by atoms with van der Waals surface area (Å²) in [5.74, 6) is -0.420. The van der Waals surface area contributed by atoms with Gasteiger partial charge in [-0.1, -0.05) is 23.7 Å². The molecule has 0 radical (unpaired) electrons. The number of hydrogen-bond acceptors (Lipinski definition) is 6. The molecule has 34 heavy (non-hydrogen) atoms. The lowest BCUT2D eigenvalue weighted by Crippen LogP contribution is -2.42. The number of anilines is 1. The maximum absolute atomic E-state index is 14.1. The van der Waals surface area contributed by atoms with E-state index in [1.807, 2.05) is 47.8 Å². The number of fused-ring (bicyclic) bond motifs is 1. The Morgan fingerprint density at radius 2 is 1.91 bits per heavy atom. The molecule has 0 aliphatic carbocycles. The van der Waals surface area contributed by atoms with E-state index in [0.717, 1.165) is 48.3 Å². The van der Waals surface area contributed by atoms with Gasteiger partial charge in [-0.05, 0) is 73.5 Å². The van der Waals surface area contributed by atoms with Crippen molar-refractivity contribution >= 4 is 29.3 Å². The summed E-state index contributed by atoms with van der Waals surface area (Å²) in [5, 5.41) is 0.132. The van der Waals surface area contributed by atoms with Crippen LogP contribution in [0.3, 0.4) is 0 Å². The Morgan fingerprint density at radius 3 is 2.65 bits per heavy atom. The zero-order valence-corrected chi connectivity index (χ0v) is 19.6. The number of likely N-dealkylation sites (tertiary alicyclic amines) is 1. The van der Waals surface area contributed by atoms with Crippen LogP contribution in [0.2, 0.25) is 5.02 Å². The van der Waals surface area contributed by atoms with Gasteiger partial charge in [-0.15, -0.1) is 0 Å². The van der Waals surface area contributed by atoms with Crippen LogP contribution >= 0.6 is 11.6 Å². The van der Waals surface area contributed by atoms with E-state index in [1.165, 1.54) is 6.07 Å². The third-order valence-electron chi connectivity index (χ3n) is 6.79. The Labute approximate surface area is 204 Å². The van der Waals surface area contributed by atoms with Crippen molar-refractivity contribution in [1.29, 1.82) is 0 Å². The smallest absolute Gasteiger partial charge is 0.141 e. The molecular formula is C26H28ClFN6. The number of halogens is 2. The highest BCUT2D eigenvalue weighted by Gasteiger charge is 2.35. The minimum absolute atomic E-state index is 0.00608. The van der Waals surface area contributed by atoms with Crippen molar-refractivity contribution in [3.63, 3.8) is 0 Å². The standard InChI is InChI=1S/C26H28ClFN6/c27-22-12-17(5-7-23(22)28)25(33-10-1-2-11-33)21(18-4-3-9-31-14-18)15-34-16-32-24-8-6-19(29)13-20(24)26(34)30/h3-9,12-14,16,21,25-26H,1-2,10-11,15,29-30H2. The van der Waals surface area contributed by atoms with Crippen molar-refractivity contribution in [2.75, 3.05) is 25.4 Å². The Balaban J connectivity index is 1.55. The van der Waals surface area contributed by atoms with E-state index in [1.54, 1.807) is 12.3 Å². The van der Waals surface area contributed by atoms with Crippen LogP contribution in [0.4, 0.5) is 15.8 Å². The minimum Gasteiger partial charge on any atom is -0.399 e. The SMILES string of the molecule is Nc1ccc2c(c1)C(N)N(CC(c1cccnc1)C(c1ccc(F)c(Cl)c1)N1CCCC1)C=N2. The number of rotatable bonds is 6. The second kappa shape index (κ2) is 9.70. The first kappa shape index (κ1) is 22.8. The van der Waals surface area contributed by atoms with E-state index in [0.29, 0.717) is 12.2 Å². The van der Waals surface area contributed by atoms with Crippen molar-refractivity contribution in [1.82, 2.24) is 14.8 Å². The molecule has 1 fully saturated rings. The summed E-state index contributed by atoms with van der Waals surface area (Å²) >= 11 is 6.23. The number of hydrogen-bond donors (Lipinski definition) is 2. The Morgan fingerprint density at radius 1 is 1.09 bits per heavy atom. The van der Waals surface area contributed by atoms with Crippen LogP contribution in [0.1, 0.15) is 47.7 Å². The maximum atomic E-state index is 14.1. The topological polar surface area (TPSA) is 83.8 Å². The van der Waals surface area contributed by atoms with E-state index in [2.05, 4.69) is 20.9 Å². The average molecular weight is 479 g/mol. The van der Waals surface area contributed by atoms with E-state index >= 15 is 0 Å². The number of benzene rings is 2. The van der Waals surface area contributed by atoms with Crippen molar-refractivity contribution in [3.8, 4) is 0 Å². The summed E-state index contributed by atoms with van der Waals surface area (Å²) in [6.07, 6.45) is 7.35. The van der Waals surface area contributed by atoms with Crippen LogP contribution in [0.15, 0.2) is 65.9 Å². The van der Waals surface area contributed by atoms with Crippen LogP contribution in [0.5, 0.6) is 0 Å². The van der Waals surface area contributed by atoms with Crippen LogP contribution in [0, 0.1) is 5.82 Å². The molecule has 2 aromatic carbocycles. The molecule has 3 unspecified atom stereocenters. The monoisotopic (exact) mass is 478 g/mol. The number of nitrogens with zero attached hydrogens (tertiary/aromatic N) is 4. The van der Waals surface area contributed by atoms with Crippen molar-refractivity contribution < 1.29 is 4.39 Å². The van der Waals surface area contributed by atoms with Gasteiger partial charge in [-0.25, -0.2) is 9.38 Å². The quantitative estimate of drug-likeness (QED) is 0.486. The van der Waals surface area contributed by atoms with Crippen LogP contribution in [-0.4, -0.2) is 40.8 Å². The van der Waals surface area contributed by atoms with E-state index in [-0.39, 0.29) is 23.1 Å². The largest absolute Gasteiger partial charge is 0.399 e. The van der Waals surface area contributed by atoms with Gasteiger partial charge in [0.15, 0.2) is 0 Å². The molecule has 6 nitrogen and oxygen atoms in total. The second-order valence-electron chi connectivity index (χ2n) is 8.96. The van der Waals surface area contributed by atoms with Gasteiger partial charge in [-0.2, -0.15) is 0 Å². The average Bonchev–Trinajstić information content (AvgIpc) is 3.38. The molecule has 2 aliphatic heterocycles. The Bertz CT molecular complexity index is 1180. The normalized spacial score (nSPS) is 19.7. The molecule has 3 atom stereocenters. The van der Waals surface area contributed by atoms with Gasteiger partial charge in [0, 0.05) is 42.1 Å². The molecule has 5 rings (SSSR count). The molecule has 2 aliphatic rings. The lowest BCUT2D eigenvalue weighted by Gasteiger charge is -2.40. The summed E-state index contributed by atoms with van der Waals surface area (Å²) in [5.41, 5.74) is 17.2. The molecule has 4 N–H and O–H groups in total. The van der Waals surface area contributed by atoms with E-state index < -0.39 is 5.82 Å². The van der Waals surface area contributed by atoms with Gasteiger partial charge in [0.2, 0.25) is 0 Å². The summed E-state index contributed by atoms with van der Waals surface area (Å²) in [6, 6.07) is 14.7. The number of aromatic nitrogens is 1. The molecule has 8 heteroatoms. The van der Waals surface area contributed by atoms with Gasteiger partial charge in [0.05, 0.1) is 17.0 Å². The van der Waals surface area contributed by atoms with Gasteiger partial charge in [0.1, 0.15) is 12.0 Å². The van der Waals surface area contributed by atoms with Gasteiger partial charge >= 0.3 is 0 Å². The fourth-order valence-electron chi connectivity index (χ4n) is 5.10. The lowest BCUT2D eigenvalue weighted by atomic mass is 9.85. The third kappa shape index (κ3) is 4.51. The summed E-state index contributed by atoms with van der Waals surface area (Å²) in [4.78, 5) is 13.5. The second-order valence-corrected chi connectivity index (χ2v) is 9.37. The van der Waals surface area contributed by atoms with Crippen molar-refractivity contribution in [2.24, 2.45) is 10.7 Å². The first-order chi connectivity index (χ1) is 16.5. The highest BCUT2D eigenvalue weighted by molar-refractivity contribution is 6.30. The van der Waals surface area contributed by atoms with Crippen LogP contribution in [-0.2, 0) is 0 Å². The van der Waals surface area contributed by atoms with E-state index in [4.69, 9.17) is 23.1 Å². The number of nitrogens with two attached hydrogens (primary N) is 2. The summed E-state index contributed by atoms with van der Waals surface area (Å²) in [6.45, 7) is 2.53. The molecule has 1 saturated heterocycles. The van der Waals surface area contributed by atoms with Gasteiger partial charge < -0.3 is 16.4 Å². The fraction of sp³-hybridized carbons (Fsp3) is 0.308. The fourth-order valence-corrected chi connectivity index (χ4v) is 5.29. The molecule has 0 saturated carbocycles. The highest BCUT2D eigenvalue weighted by atomic mass is 35.5. The predicted octanol–water partition coefficient (Wildman–Crippen LogP) is 5.01. The number of pyridine rings is 1. The first-order valence-electron chi connectivity index (χ1n) is 11.5. The molecule has 3 aromatic rings. The Kier molecular flexibility index (Phi) is 6.50. The third-order valence-corrected chi connectivity index (χ3v) is 7.08. The molecule has 0 amide bonds. The van der Waals surface area contributed by atoms with Crippen molar-refractivity contribution in [3.05, 3.63) is 88.5 Å². The number of nitrogen functional groups attached to an aromatic ring is 1. The highest BCUT2D eigenvalue weighted by Crippen LogP contribution is 2.41. The zero-order valence-electron chi connectivity index (χ0n) is 18.8. The van der Waals surface area contributed by atoms with Crippen molar-refractivity contribution in [2.45, 2.75) is 31.0 Å².